The van der Waals surface area contributed by atoms with Gasteiger partial charge in [-0.15, -0.1) is 15.3 Å². The molecule has 16 heavy (non-hydrogen) atoms. The van der Waals surface area contributed by atoms with E-state index in [4.69, 9.17) is 0 Å². The lowest BCUT2D eigenvalue weighted by molar-refractivity contribution is 0.570. The highest BCUT2D eigenvalue weighted by Gasteiger charge is 2.14. The molecule has 3 heterocycles. The fraction of sp³-hybridized carbons (Fsp3) is 0.545. The maximum absolute atomic E-state index is 4.54. The van der Waals surface area contributed by atoms with Crippen LogP contribution in [0.2, 0.25) is 0 Å². The van der Waals surface area contributed by atoms with Gasteiger partial charge < -0.3 is 4.90 Å². The molecule has 0 unspecified atom stereocenters. The van der Waals surface area contributed by atoms with Crippen LogP contribution < -0.4 is 4.90 Å². The molecule has 0 amide bonds. The monoisotopic (exact) mass is 217 g/mol. The smallest absolute Gasteiger partial charge is 0.180 e. The summed E-state index contributed by atoms with van der Waals surface area (Å²) in [5.74, 6) is 1.05. The summed E-state index contributed by atoms with van der Waals surface area (Å²) in [5, 5.41) is 12.5. The Balaban J connectivity index is 2.02. The van der Waals surface area contributed by atoms with Crippen LogP contribution in [0.25, 0.3) is 5.65 Å². The second kappa shape index (κ2) is 3.73. The van der Waals surface area contributed by atoms with Crippen molar-refractivity contribution in [1.29, 1.82) is 0 Å². The summed E-state index contributed by atoms with van der Waals surface area (Å²) in [7, 11) is 0. The molecule has 84 valence electrons. The summed E-state index contributed by atoms with van der Waals surface area (Å²) in [5.41, 5.74) is 1.98. The van der Waals surface area contributed by atoms with E-state index in [9.17, 15) is 0 Å². The number of fused-ring (bicyclic) bond motifs is 1. The quantitative estimate of drug-likeness (QED) is 0.724. The average molecular weight is 217 g/mol. The zero-order valence-electron chi connectivity index (χ0n) is 9.43. The van der Waals surface area contributed by atoms with Gasteiger partial charge in [0.25, 0.3) is 0 Å². The predicted molar refractivity (Wildman–Crippen MR) is 61.6 cm³/mol. The van der Waals surface area contributed by atoms with E-state index in [2.05, 4.69) is 33.2 Å². The van der Waals surface area contributed by atoms with E-state index in [0.717, 1.165) is 30.1 Å². The van der Waals surface area contributed by atoms with Crippen LogP contribution in [0.3, 0.4) is 0 Å². The van der Waals surface area contributed by atoms with Gasteiger partial charge in [-0.3, -0.25) is 0 Å². The largest absolute Gasteiger partial charge is 0.355 e. The van der Waals surface area contributed by atoms with Gasteiger partial charge in [0.2, 0.25) is 0 Å². The summed E-state index contributed by atoms with van der Waals surface area (Å²) >= 11 is 0. The Kier molecular flexibility index (Phi) is 2.23. The zero-order valence-corrected chi connectivity index (χ0v) is 9.43. The fourth-order valence-corrected chi connectivity index (χ4v) is 2.24. The van der Waals surface area contributed by atoms with Gasteiger partial charge in [-0.1, -0.05) is 0 Å². The number of rotatable bonds is 1. The van der Waals surface area contributed by atoms with Crippen LogP contribution in [0.5, 0.6) is 0 Å². The lowest BCUT2D eigenvalue weighted by atomic mass is 10.1. The minimum Gasteiger partial charge on any atom is -0.355 e. The Labute approximate surface area is 94.1 Å². The molecule has 0 atom stereocenters. The van der Waals surface area contributed by atoms with Crippen LogP contribution >= 0.6 is 0 Å². The highest BCUT2D eigenvalue weighted by atomic mass is 15.4. The minimum absolute atomic E-state index is 0.848. The minimum atomic E-state index is 0.848. The molecule has 0 spiro atoms. The first-order chi connectivity index (χ1) is 7.84. The van der Waals surface area contributed by atoms with Crippen molar-refractivity contribution in [3.8, 4) is 0 Å². The lowest BCUT2D eigenvalue weighted by Gasteiger charge is -2.27. The highest BCUT2D eigenvalue weighted by molar-refractivity contribution is 5.52. The molecule has 0 radical (unpaired) electrons. The summed E-state index contributed by atoms with van der Waals surface area (Å²) in [6.45, 7) is 4.28. The SMILES string of the molecule is Cc1cc(N2CCCCC2)nn2cnnc12. The molecule has 1 saturated heterocycles. The maximum Gasteiger partial charge on any atom is 0.180 e. The van der Waals surface area contributed by atoms with Crippen LogP contribution in [-0.4, -0.2) is 32.9 Å². The second-order valence-electron chi connectivity index (χ2n) is 4.33. The van der Waals surface area contributed by atoms with Gasteiger partial charge in [0.05, 0.1) is 0 Å². The number of hydrogen-bond acceptors (Lipinski definition) is 4. The third-order valence-corrected chi connectivity index (χ3v) is 3.12. The summed E-state index contributed by atoms with van der Waals surface area (Å²) in [4.78, 5) is 2.34. The molecular weight excluding hydrogens is 202 g/mol. The van der Waals surface area contributed by atoms with Crippen LogP contribution in [-0.2, 0) is 0 Å². The van der Waals surface area contributed by atoms with Crippen molar-refractivity contribution in [2.75, 3.05) is 18.0 Å². The van der Waals surface area contributed by atoms with Crippen molar-refractivity contribution in [3.63, 3.8) is 0 Å². The van der Waals surface area contributed by atoms with E-state index in [0.29, 0.717) is 0 Å². The molecule has 0 N–H and O–H groups in total. The van der Waals surface area contributed by atoms with Gasteiger partial charge in [-0.05, 0) is 37.8 Å². The molecule has 0 aromatic carbocycles. The van der Waals surface area contributed by atoms with Gasteiger partial charge in [0.1, 0.15) is 12.1 Å². The first-order valence-electron chi connectivity index (χ1n) is 5.77. The number of aromatic nitrogens is 4. The number of aryl methyl sites for hydroxylation is 1. The highest BCUT2D eigenvalue weighted by Crippen LogP contribution is 2.19. The molecule has 1 aliphatic rings. The van der Waals surface area contributed by atoms with Crippen LogP contribution in [0.4, 0.5) is 5.82 Å². The molecule has 1 fully saturated rings. The third-order valence-electron chi connectivity index (χ3n) is 3.12. The number of nitrogens with zero attached hydrogens (tertiary/aromatic N) is 5. The van der Waals surface area contributed by atoms with Crippen molar-refractivity contribution >= 4 is 11.5 Å². The normalized spacial score (nSPS) is 16.9. The van der Waals surface area contributed by atoms with E-state index in [1.165, 1.54) is 19.3 Å². The van der Waals surface area contributed by atoms with Crippen LogP contribution in [0, 0.1) is 6.92 Å². The Morgan fingerprint density at radius 1 is 1.19 bits per heavy atom. The molecule has 0 bridgehead atoms. The van der Waals surface area contributed by atoms with E-state index >= 15 is 0 Å². The van der Waals surface area contributed by atoms with E-state index in [1.54, 1.807) is 10.8 Å². The van der Waals surface area contributed by atoms with Crippen molar-refractivity contribution in [1.82, 2.24) is 19.8 Å². The molecule has 1 aliphatic heterocycles. The summed E-state index contributed by atoms with van der Waals surface area (Å²) < 4.78 is 1.76. The molecule has 2 aromatic rings. The summed E-state index contributed by atoms with van der Waals surface area (Å²) in [6.07, 6.45) is 5.53. The summed E-state index contributed by atoms with van der Waals surface area (Å²) in [6, 6.07) is 2.11. The zero-order chi connectivity index (χ0) is 11.0. The topological polar surface area (TPSA) is 46.3 Å². The average Bonchev–Trinajstić information content (AvgIpc) is 2.79. The molecule has 5 heteroatoms. The van der Waals surface area contributed by atoms with Gasteiger partial charge in [-0.2, -0.15) is 4.52 Å². The Morgan fingerprint density at radius 3 is 2.81 bits per heavy atom. The number of anilines is 1. The van der Waals surface area contributed by atoms with Gasteiger partial charge in [-0.25, -0.2) is 0 Å². The van der Waals surface area contributed by atoms with E-state index in [-0.39, 0.29) is 0 Å². The molecule has 3 rings (SSSR count). The third kappa shape index (κ3) is 1.52. The Bertz CT molecular complexity index is 498. The standard InChI is InChI=1S/C11H15N5/c1-9-7-10(15-5-3-2-4-6-15)14-16-8-12-13-11(9)16/h7-8H,2-6H2,1H3. The first kappa shape index (κ1) is 9.57. The van der Waals surface area contributed by atoms with Crippen LogP contribution in [0.15, 0.2) is 12.4 Å². The number of piperidine rings is 1. The van der Waals surface area contributed by atoms with E-state index in [1.807, 2.05) is 0 Å². The van der Waals surface area contributed by atoms with Crippen molar-refractivity contribution in [2.24, 2.45) is 0 Å². The Morgan fingerprint density at radius 2 is 2.00 bits per heavy atom. The molecule has 0 saturated carbocycles. The molecule has 0 aliphatic carbocycles. The lowest BCUT2D eigenvalue weighted by Crippen LogP contribution is -2.30. The van der Waals surface area contributed by atoms with Crippen LogP contribution in [0.1, 0.15) is 24.8 Å². The first-order valence-corrected chi connectivity index (χ1v) is 5.77. The van der Waals surface area contributed by atoms with Gasteiger partial charge in [0.15, 0.2) is 5.65 Å². The van der Waals surface area contributed by atoms with E-state index < -0.39 is 0 Å². The molecular formula is C11H15N5. The van der Waals surface area contributed by atoms with Gasteiger partial charge in [0, 0.05) is 13.1 Å². The Hall–Kier alpha value is -1.65. The van der Waals surface area contributed by atoms with Crippen molar-refractivity contribution in [2.45, 2.75) is 26.2 Å². The van der Waals surface area contributed by atoms with Crippen molar-refractivity contribution in [3.05, 3.63) is 18.0 Å². The second-order valence-corrected chi connectivity index (χ2v) is 4.33. The molecule has 5 nitrogen and oxygen atoms in total. The predicted octanol–water partition coefficient (Wildman–Crippen LogP) is 1.42. The van der Waals surface area contributed by atoms with Crippen molar-refractivity contribution < 1.29 is 0 Å². The molecule has 2 aromatic heterocycles. The number of hydrogen-bond donors (Lipinski definition) is 0. The van der Waals surface area contributed by atoms with Gasteiger partial charge >= 0.3 is 0 Å². The fourth-order valence-electron chi connectivity index (χ4n) is 2.24. The maximum atomic E-state index is 4.54.